The van der Waals surface area contributed by atoms with Crippen molar-refractivity contribution in [3.05, 3.63) is 70.7 Å². The van der Waals surface area contributed by atoms with Gasteiger partial charge < -0.3 is 24.7 Å². The number of aliphatic imine (C=N–C) groups is 1. The lowest BCUT2D eigenvalue weighted by Crippen LogP contribution is -2.36. The molecule has 2 aromatic carbocycles. The van der Waals surface area contributed by atoms with Crippen LogP contribution in [0.2, 0.25) is 0 Å². The number of ether oxygens (including phenoxy) is 1. The molecule has 0 unspecified atom stereocenters. The van der Waals surface area contributed by atoms with E-state index >= 15 is 0 Å². The second-order valence-electron chi connectivity index (χ2n) is 10.2. The fourth-order valence-electron chi connectivity index (χ4n) is 4.77. The van der Waals surface area contributed by atoms with E-state index in [2.05, 4.69) is 32.7 Å². The van der Waals surface area contributed by atoms with Crippen molar-refractivity contribution in [2.24, 2.45) is 4.99 Å². The van der Waals surface area contributed by atoms with Crippen molar-refractivity contribution in [2.75, 3.05) is 41.8 Å². The maximum Gasteiger partial charge on any atom is 0.317 e. The van der Waals surface area contributed by atoms with E-state index in [9.17, 15) is 4.79 Å². The van der Waals surface area contributed by atoms with Crippen LogP contribution in [-0.4, -0.2) is 59.3 Å². The van der Waals surface area contributed by atoms with E-state index in [1.165, 1.54) is 0 Å². The van der Waals surface area contributed by atoms with E-state index in [1.54, 1.807) is 11.3 Å². The number of carbonyl (C=O) groups is 1. The van der Waals surface area contributed by atoms with Crippen LogP contribution < -0.4 is 15.5 Å². The SMILES string of the molecule is CC1(c2nc(-c3nnc(N[C@H]4N=C(c5ccccc5)c5ccccc5NC4=O)o3)c(N3CCOCC3)s2)CC1. The molecule has 2 aliphatic heterocycles. The van der Waals surface area contributed by atoms with Gasteiger partial charge in [0, 0.05) is 29.6 Å². The molecule has 1 saturated carbocycles. The molecule has 2 aromatic heterocycles. The van der Waals surface area contributed by atoms with Gasteiger partial charge in [-0.1, -0.05) is 60.6 Å². The second kappa shape index (κ2) is 9.58. The van der Waals surface area contributed by atoms with E-state index in [4.69, 9.17) is 19.1 Å². The molecule has 1 aliphatic carbocycles. The van der Waals surface area contributed by atoms with E-state index in [1.807, 2.05) is 54.6 Å². The van der Waals surface area contributed by atoms with Gasteiger partial charge in [0.1, 0.15) is 10.0 Å². The zero-order valence-corrected chi connectivity index (χ0v) is 22.2. The smallest absolute Gasteiger partial charge is 0.317 e. The third-order valence-electron chi connectivity index (χ3n) is 7.31. The van der Waals surface area contributed by atoms with Crippen molar-refractivity contribution in [3.8, 4) is 11.6 Å². The molecule has 1 atom stereocenters. The molecule has 4 aromatic rings. The maximum atomic E-state index is 13.2. The largest absolute Gasteiger partial charge is 0.402 e. The van der Waals surface area contributed by atoms with E-state index in [-0.39, 0.29) is 17.3 Å². The van der Waals surface area contributed by atoms with Crippen molar-refractivity contribution < 1.29 is 13.9 Å². The molecule has 11 heteroatoms. The number of aromatic nitrogens is 3. The van der Waals surface area contributed by atoms with Crippen LogP contribution in [0.1, 0.15) is 35.9 Å². The number of morpholine rings is 1. The Kier molecular flexibility index (Phi) is 5.89. The Labute approximate surface area is 229 Å². The van der Waals surface area contributed by atoms with Gasteiger partial charge in [0.25, 0.3) is 11.8 Å². The Morgan fingerprint density at radius 1 is 1.05 bits per heavy atom. The molecule has 3 aliphatic rings. The summed E-state index contributed by atoms with van der Waals surface area (Å²) in [7, 11) is 0. The van der Waals surface area contributed by atoms with Crippen LogP contribution in [-0.2, 0) is 14.9 Å². The number of carbonyl (C=O) groups excluding carboxylic acids is 1. The minimum Gasteiger partial charge on any atom is -0.402 e. The van der Waals surface area contributed by atoms with E-state index in [0.717, 1.165) is 47.1 Å². The standard InChI is InChI=1S/C28H27N7O3S/c1-28(11-12-28)26-31-21(25(39-26)35-13-15-37-16-14-35)24-33-34-27(38-24)32-22-23(36)29-19-10-6-5-9-18(19)20(30-22)17-7-3-2-4-8-17/h2-10,22H,11-16H2,1H3,(H,29,36)(H,32,34)/t22-/m1/s1. The first-order valence-corrected chi connectivity index (χ1v) is 13.9. The number of benzene rings is 2. The number of benzodiazepines with no additional fused rings is 1. The van der Waals surface area contributed by atoms with Crippen LogP contribution in [0.25, 0.3) is 11.6 Å². The summed E-state index contributed by atoms with van der Waals surface area (Å²) >= 11 is 1.69. The molecule has 0 spiro atoms. The van der Waals surface area contributed by atoms with Gasteiger partial charge in [0.2, 0.25) is 6.17 Å². The summed E-state index contributed by atoms with van der Waals surface area (Å²) in [6, 6.07) is 17.5. The molecule has 198 valence electrons. The summed E-state index contributed by atoms with van der Waals surface area (Å²) in [6.07, 6.45) is 1.27. The third-order valence-corrected chi connectivity index (χ3v) is 8.73. The topological polar surface area (TPSA) is 118 Å². The first-order valence-electron chi connectivity index (χ1n) is 13.1. The fraction of sp³-hybridized carbons (Fsp3) is 0.321. The second-order valence-corrected chi connectivity index (χ2v) is 11.1. The van der Waals surface area contributed by atoms with Gasteiger partial charge in [-0.05, 0) is 18.9 Å². The highest BCUT2D eigenvalue weighted by molar-refractivity contribution is 7.16. The Bertz CT molecular complexity index is 1550. The van der Waals surface area contributed by atoms with Crippen LogP contribution in [0.4, 0.5) is 16.7 Å². The van der Waals surface area contributed by atoms with E-state index in [0.29, 0.717) is 36.2 Å². The average molecular weight is 542 g/mol. The molecule has 0 bridgehead atoms. The van der Waals surface area contributed by atoms with Gasteiger partial charge in [-0.3, -0.25) is 4.79 Å². The summed E-state index contributed by atoms with van der Waals surface area (Å²) in [5, 5.41) is 16.7. The Morgan fingerprint density at radius 3 is 2.62 bits per heavy atom. The van der Waals surface area contributed by atoms with Crippen molar-refractivity contribution in [1.29, 1.82) is 0 Å². The highest BCUT2D eigenvalue weighted by Gasteiger charge is 2.43. The molecule has 2 fully saturated rings. The predicted molar refractivity (Wildman–Crippen MR) is 150 cm³/mol. The lowest BCUT2D eigenvalue weighted by atomic mass is 10.0. The van der Waals surface area contributed by atoms with Crippen molar-refractivity contribution >= 4 is 39.7 Å². The number of amides is 1. The minimum absolute atomic E-state index is 0.104. The normalized spacial score (nSPS) is 20.0. The molecule has 39 heavy (non-hydrogen) atoms. The molecule has 2 N–H and O–H groups in total. The zero-order valence-electron chi connectivity index (χ0n) is 21.4. The number of hydrogen-bond donors (Lipinski definition) is 2. The lowest BCUT2D eigenvalue weighted by molar-refractivity contribution is -0.116. The van der Waals surface area contributed by atoms with Crippen molar-refractivity contribution in [1.82, 2.24) is 15.2 Å². The number of para-hydroxylation sites is 1. The van der Waals surface area contributed by atoms with Crippen LogP contribution in [0.15, 0.2) is 64.0 Å². The highest BCUT2D eigenvalue weighted by Crippen LogP contribution is 2.52. The Morgan fingerprint density at radius 2 is 1.82 bits per heavy atom. The van der Waals surface area contributed by atoms with E-state index < -0.39 is 6.17 Å². The molecule has 7 rings (SSSR count). The van der Waals surface area contributed by atoms with Crippen molar-refractivity contribution in [2.45, 2.75) is 31.3 Å². The predicted octanol–water partition coefficient (Wildman–Crippen LogP) is 4.31. The van der Waals surface area contributed by atoms with Gasteiger partial charge in [-0.15, -0.1) is 16.4 Å². The number of nitrogens with one attached hydrogen (secondary N) is 2. The van der Waals surface area contributed by atoms with Crippen LogP contribution in [0, 0.1) is 0 Å². The molecular weight excluding hydrogens is 514 g/mol. The van der Waals surface area contributed by atoms with Crippen LogP contribution in [0.5, 0.6) is 0 Å². The quantitative estimate of drug-likeness (QED) is 0.371. The summed E-state index contributed by atoms with van der Waals surface area (Å²) in [6.45, 7) is 5.14. The Balaban J connectivity index is 1.21. The van der Waals surface area contributed by atoms with Gasteiger partial charge in [0.15, 0.2) is 5.69 Å². The number of hydrogen-bond acceptors (Lipinski definition) is 10. The van der Waals surface area contributed by atoms with Crippen LogP contribution in [0.3, 0.4) is 0 Å². The zero-order chi connectivity index (χ0) is 26.4. The van der Waals surface area contributed by atoms with Gasteiger partial charge >= 0.3 is 6.01 Å². The molecule has 10 nitrogen and oxygen atoms in total. The molecule has 4 heterocycles. The minimum atomic E-state index is -0.976. The van der Waals surface area contributed by atoms with Gasteiger partial charge in [0.05, 0.1) is 24.6 Å². The van der Waals surface area contributed by atoms with Crippen LogP contribution >= 0.6 is 11.3 Å². The highest BCUT2D eigenvalue weighted by atomic mass is 32.1. The van der Waals surface area contributed by atoms with Crippen molar-refractivity contribution in [3.63, 3.8) is 0 Å². The number of nitrogens with zero attached hydrogens (tertiary/aromatic N) is 5. The third kappa shape index (κ3) is 4.57. The maximum absolute atomic E-state index is 13.2. The first-order chi connectivity index (χ1) is 19.1. The number of anilines is 3. The summed E-state index contributed by atoms with van der Waals surface area (Å²) in [5.41, 5.74) is 3.92. The summed E-state index contributed by atoms with van der Waals surface area (Å²) in [5.74, 6) is -0.00457. The molecule has 1 amide bonds. The summed E-state index contributed by atoms with van der Waals surface area (Å²) in [4.78, 5) is 25.3. The van der Waals surface area contributed by atoms with Gasteiger partial charge in [-0.25, -0.2) is 9.98 Å². The molecular formula is C28H27N7O3S. The molecule has 1 saturated heterocycles. The number of thiazole rings is 1. The van der Waals surface area contributed by atoms with Gasteiger partial charge in [-0.2, -0.15) is 0 Å². The lowest BCUT2D eigenvalue weighted by Gasteiger charge is -2.27. The monoisotopic (exact) mass is 541 g/mol. The number of rotatable bonds is 6. The first kappa shape index (κ1) is 24.0. The number of fused-ring (bicyclic) bond motifs is 1. The summed E-state index contributed by atoms with van der Waals surface area (Å²) < 4.78 is 11.6. The average Bonchev–Trinajstić information content (AvgIpc) is 3.37. The molecule has 0 radical (unpaired) electrons. The fourth-order valence-corrected chi connectivity index (χ4v) is 6.08. The Hall–Kier alpha value is -4.09.